The summed E-state index contributed by atoms with van der Waals surface area (Å²) >= 11 is 12.0. The summed E-state index contributed by atoms with van der Waals surface area (Å²) in [5, 5.41) is 3.21. The fourth-order valence-electron chi connectivity index (χ4n) is 3.47. The van der Waals surface area contributed by atoms with E-state index in [9.17, 15) is 9.59 Å². The molecule has 0 radical (unpaired) electrons. The van der Waals surface area contributed by atoms with Gasteiger partial charge in [-0.1, -0.05) is 48.5 Å². The van der Waals surface area contributed by atoms with Crippen LogP contribution in [0.5, 0.6) is 0 Å². The van der Waals surface area contributed by atoms with Crippen LogP contribution in [0.25, 0.3) is 0 Å². The van der Waals surface area contributed by atoms with E-state index < -0.39 is 11.9 Å². The van der Waals surface area contributed by atoms with Gasteiger partial charge in [-0.15, -0.1) is 0 Å². The highest BCUT2D eigenvalue weighted by atomic mass is 35.5. The highest BCUT2D eigenvalue weighted by Crippen LogP contribution is 2.25. The van der Waals surface area contributed by atoms with Crippen molar-refractivity contribution in [2.45, 2.75) is 51.1 Å². The molecule has 1 atom stereocenters. The first-order chi connectivity index (χ1) is 12.8. The van der Waals surface area contributed by atoms with Crippen molar-refractivity contribution >= 4 is 35.0 Å². The van der Waals surface area contributed by atoms with Gasteiger partial charge >= 0.3 is 0 Å². The van der Waals surface area contributed by atoms with Crippen molar-refractivity contribution in [3.8, 4) is 0 Å². The summed E-state index contributed by atoms with van der Waals surface area (Å²) in [6.45, 7) is 3.14. The number of amides is 2. The van der Waals surface area contributed by atoms with Crippen LogP contribution in [-0.2, 0) is 4.79 Å². The van der Waals surface area contributed by atoms with E-state index in [1.165, 1.54) is 32.1 Å². The molecule has 0 saturated heterocycles. The van der Waals surface area contributed by atoms with Gasteiger partial charge in [-0.3, -0.25) is 9.59 Å². The Kier molecular flexibility index (Phi) is 8.39. The summed E-state index contributed by atoms with van der Waals surface area (Å²) in [4.78, 5) is 29.0. The van der Waals surface area contributed by atoms with Gasteiger partial charge in [0.2, 0.25) is 5.91 Å². The zero-order chi connectivity index (χ0) is 20.0. The number of likely N-dealkylation sites (N-methyl/N-ethyl adjacent to an activating group) is 2. The van der Waals surface area contributed by atoms with Gasteiger partial charge in [0.1, 0.15) is 6.04 Å². The van der Waals surface area contributed by atoms with Crippen molar-refractivity contribution in [1.82, 2.24) is 15.1 Å². The molecule has 0 aromatic heterocycles. The molecule has 1 aromatic carbocycles. The van der Waals surface area contributed by atoms with Crippen LogP contribution < -0.4 is 5.32 Å². The predicted octanol–water partition coefficient (Wildman–Crippen LogP) is 3.83. The second-order valence-corrected chi connectivity index (χ2v) is 8.11. The van der Waals surface area contributed by atoms with Gasteiger partial charge in [0.25, 0.3) is 5.91 Å². The normalized spacial score (nSPS) is 16.2. The minimum Gasteiger partial charge on any atom is -0.343 e. The van der Waals surface area contributed by atoms with Crippen LogP contribution in [0, 0.1) is 0 Å². The number of hydrogen-bond donors (Lipinski definition) is 1. The number of carbonyl (C=O) groups excluding carboxylic acids is 2. The molecular weight excluding hydrogens is 385 g/mol. The average molecular weight is 414 g/mol. The third-order valence-corrected chi connectivity index (χ3v) is 6.10. The maximum absolute atomic E-state index is 12.6. The molecule has 1 N–H and O–H groups in total. The molecule has 0 heterocycles. The molecule has 1 fully saturated rings. The van der Waals surface area contributed by atoms with Crippen molar-refractivity contribution in [2.75, 3.05) is 27.2 Å². The Morgan fingerprint density at radius 3 is 2.48 bits per heavy atom. The van der Waals surface area contributed by atoms with E-state index in [4.69, 9.17) is 23.2 Å². The SMILES string of the molecule is CC(NC(=O)c1cccc(Cl)c1Cl)C(=O)N(C)CCN(C)C1CCCCC1. The maximum Gasteiger partial charge on any atom is 0.253 e. The molecule has 2 amide bonds. The minimum absolute atomic E-state index is 0.126. The summed E-state index contributed by atoms with van der Waals surface area (Å²) in [6, 6.07) is 4.83. The second-order valence-electron chi connectivity index (χ2n) is 7.33. The van der Waals surface area contributed by atoms with Crippen molar-refractivity contribution in [3.63, 3.8) is 0 Å². The average Bonchev–Trinajstić information content (AvgIpc) is 2.67. The lowest BCUT2D eigenvalue weighted by Gasteiger charge is -2.32. The second kappa shape index (κ2) is 10.3. The minimum atomic E-state index is -0.641. The lowest BCUT2D eigenvalue weighted by Crippen LogP contribution is -2.48. The van der Waals surface area contributed by atoms with Crippen molar-refractivity contribution in [2.24, 2.45) is 0 Å². The zero-order valence-electron chi connectivity index (χ0n) is 16.3. The standard InChI is InChI=1S/C20H29Cl2N3O2/c1-14(23-19(26)16-10-7-11-17(21)18(16)22)20(27)25(3)13-12-24(2)15-8-5-4-6-9-15/h7,10-11,14-15H,4-6,8-9,12-13H2,1-3H3,(H,23,26). The third-order valence-electron chi connectivity index (χ3n) is 5.28. The molecular formula is C20H29Cl2N3O2. The number of rotatable bonds is 7. The number of nitrogens with zero attached hydrogens (tertiary/aromatic N) is 2. The summed E-state index contributed by atoms with van der Waals surface area (Å²) in [5.74, 6) is -0.533. The smallest absolute Gasteiger partial charge is 0.253 e. The molecule has 7 heteroatoms. The van der Waals surface area contributed by atoms with Gasteiger partial charge in [-0.2, -0.15) is 0 Å². The summed E-state index contributed by atoms with van der Waals surface area (Å²) < 4.78 is 0. The van der Waals surface area contributed by atoms with Crippen LogP contribution >= 0.6 is 23.2 Å². The van der Waals surface area contributed by atoms with Crippen molar-refractivity contribution in [3.05, 3.63) is 33.8 Å². The first-order valence-electron chi connectivity index (χ1n) is 9.51. The topological polar surface area (TPSA) is 52.7 Å². The van der Waals surface area contributed by atoms with Crippen LogP contribution in [0.15, 0.2) is 18.2 Å². The van der Waals surface area contributed by atoms with Crippen molar-refractivity contribution in [1.29, 1.82) is 0 Å². The first kappa shape index (κ1) is 22.0. The Morgan fingerprint density at radius 1 is 1.15 bits per heavy atom. The van der Waals surface area contributed by atoms with Gasteiger partial charge in [0, 0.05) is 26.2 Å². The van der Waals surface area contributed by atoms with Gasteiger partial charge in [0.15, 0.2) is 0 Å². The van der Waals surface area contributed by atoms with Gasteiger partial charge in [-0.25, -0.2) is 0 Å². The molecule has 2 rings (SSSR count). The molecule has 1 aliphatic carbocycles. The number of hydrogen-bond acceptors (Lipinski definition) is 3. The number of carbonyl (C=O) groups is 2. The molecule has 5 nitrogen and oxygen atoms in total. The largest absolute Gasteiger partial charge is 0.343 e. The van der Waals surface area contributed by atoms with Crippen molar-refractivity contribution < 1.29 is 9.59 Å². The predicted molar refractivity (Wildman–Crippen MR) is 111 cm³/mol. The Labute approximate surface area is 172 Å². The molecule has 1 aromatic rings. The molecule has 27 heavy (non-hydrogen) atoms. The molecule has 0 aliphatic heterocycles. The quantitative estimate of drug-likeness (QED) is 0.738. The lowest BCUT2D eigenvalue weighted by atomic mass is 9.94. The van der Waals surface area contributed by atoms with E-state index in [1.807, 2.05) is 0 Å². The van der Waals surface area contributed by atoms with Crippen LogP contribution in [0.2, 0.25) is 10.0 Å². The molecule has 150 valence electrons. The third kappa shape index (κ3) is 6.09. The molecule has 0 spiro atoms. The Morgan fingerprint density at radius 2 is 1.81 bits per heavy atom. The van der Waals surface area contributed by atoms with E-state index in [1.54, 1.807) is 37.1 Å². The highest BCUT2D eigenvalue weighted by molar-refractivity contribution is 6.43. The molecule has 1 saturated carbocycles. The molecule has 1 aliphatic rings. The first-order valence-corrected chi connectivity index (χ1v) is 10.3. The number of benzene rings is 1. The summed E-state index contributed by atoms with van der Waals surface area (Å²) in [5.41, 5.74) is 0.267. The summed E-state index contributed by atoms with van der Waals surface area (Å²) in [7, 11) is 3.90. The van der Waals surface area contributed by atoms with Gasteiger partial charge in [-0.05, 0) is 38.9 Å². The summed E-state index contributed by atoms with van der Waals surface area (Å²) in [6.07, 6.45) is 6.39. The van der Waals surface area contributed by atoms with E-state index in [-0.39, 0.29) is 16.5 Å². The molecule has 1 unspecified atom stereocenters. The number of halogens is 2. The zero-order valence-corrected chi connectivity index (χ0v) is 17.8. The van der Waals surface area contributed by atoms with Crippen LogP contribution in [0.1, 0.15) is 49.4 Å². The number of nitrogens with one attached hydrogen (secondary N) is 1. The van der Waals surface area contributed by atoms with E-state index in [0.717, 1.165) is 6.54 Å². The van der Waals surface area contributed by atoms with E-state index in [2.05, 4.69) is 17.3 Å². The monoisotopic (exact) mass is 413 g/mol. The fraction of sp³-hybridized carbons (Fsp3) is 0.600. The van der Waals surface area contributed by atoms with E-state index in [0.29, 0.717) is 17.6 Å². The lowest BCUT2D eigenvalue weighted by molar-refractivity contribution is -0.131. The Bertz CT molecular complexity index is 663. The maximum atomic E-state index is 12.6. The molecule has 0 bridgehead atoms. The Hall–Kier alpha value is -1.30. The highest BCUT2D eigenvalue weighted by Gasteiger charge is 2.23. The van der Waals surface area contributed by atoms with Gasteiger partial charge in [0.05, 0.1) is 15.6 Å². The Balaban J connectivity index is 1.84. The van der Waals surface area contributed by atoms with Crippen LogP contribution in [-0.4, -0.2) is 60.9 Å². The van der Waals surface area contributed by atoms with Gasteiger partial charge < -0.3 is 15.1 Å². The fourth-order valence-corrected chi connectivity index (χ4v) is 3.85. The van der Waals surface area contributed by atoms with Crippen LogP contribution in [0.3, 0.4) is 0 Å². The van der Waals surface area contributed by atoms with E-state index >= 15 is 0 Å². The van der Waals surface area contributed by atoms with Crippen LogP contribution in [0.4, 0.5) is 0 Å².